The van der Waals surface area contributed by atoms with Gasteiger partial charge in [0.1, 0.15) is 11.5 Å². The molecule has 2 aromatic rings. The molecule has 1 aromatic heterocycles. The zero-order valence-corrected chi connectivity index (χ0v) is 12.6. The number of nitriles is 1. The van der Waals surface area contributed by atoms with E-state index in [-0.39, 0.29) is 5.91 Å². The van der Waals surface area contributed by atoms with Crippen LogP contribution in [0.25, 0.3) is 0 Å². The maximum absolute atomic E-state index is 12.1. The van der Waals surface area contributed by atoms with Gasteiger partial charge in [-0.2, -0.15) is 5.26 Å². The maximum Gasteiger partial charge on any atom is 0.274 e. The summed E-state index contributed by atoms with van der Waals surface area (Å²) in [7, 11) is 0. The summed E-state index contributed by atoms with van der Waals surface area (Å²) in [5.41, 5.74) is 1.63. The van der Waals surface area contributed by atoms with Crippen molar-refractivity contribution in [1.29, 1.82) is 5.26 Å². The third-order valence-electron chi connectivity index (χ3n) is 3.19. The van der Waals surface area contributed by atoms with Gasteiger partial charge in [-0.3, -0.25) is 4.79 Å². The minimum atomic E-state index is -0.129. The molecule has 1 aromatic carbocycles. The molecule has 0 spiro atoms. The number of amides is 1. The van der Waals surface area contributed by atoms with Gasteiger partial charge in [0.25, 0.3) is 5.91 Å². The molecule has 6 heteroatoms. The Morgan fingerprint density at radius 3 is 2.64 bits per heavy atom. The molecule has 22 heavy (non-hydrogen) atoms. The van der Waals surface area contributed by atoms with Gasteiger partial charge in [0.05, 0.1) is 24.0 Å². The number of nitrogens with one attached hydrogen (secondary N) is 1. The molecule has 1 N–H and O–H groups in total. The molecule has 1 heterocycles. The van der Waals surface area contributed by atoms with Gasteiger partial charge in [-0.15, -0.1) is 0 Å². The lowest BCUT2D eigenvalue weighted by Gasteiger charge is -2.17. The summed E-state index contributed by atoms with van der Waals surface area (Å²) in [5, 5.41) is 11.9. The monoisotopic (exact) mass is 295 g/mol. The van der Waals surface area contributed by atoms with E-state index in [2.05, 4.69) is 21.4 Å². The van der Waals surface area contributed by atoms with Gasteiger partial charge in [0.2, 0.25) is 0 Å². The van der Waals surface area contributed by atoms with Crippen LogP contribution in [-0.4, -0.2) is 33.9 Å². The summed E-state index contributed by atoms with van der Waals surface area (Å²) in [6.07, 6.45) is 2.97. The van der Waals surface area contributed by atoms with E-state index in [9.17, 15) is 4.79 Å². The predicted molar refractivity (Wildman–Crippen MR) is 83.7 cm³/mol. The van der Waals surface area contributed by atoms with Crippen LogP contribution in [0.15, 0.2) is 36.7 Å². The van der Waals surface area contributed by atoms with Crippen molar-refractivity contribution in [2.24, 2.45) is 0 Å². The number of nitrogens with zero attached hydrogens (tertiary/aromatic N) is 4. The van der Waals surface area contributed by atoms with E-state index in [1.54, 1.807) is 23.1 Å². The standard InChI is InChI=1S/C16H17N5O/c1-3-21(4-2)16(22)14-10-19-15(11-18-14)20-13-7-5-6-12(8-13)9-17/h5-8,10-11H,3-4H2,1-2H3,(H,19,20). The van der Waals surface area contributed by atoms with E-state index >= 15 is 0 Å². The van der Waals surface area contributed by atoms with Gasteiger partial charge in [-0.1, -0.05) is 6.07 Å². The number of carbonyl (C=O) groups is 1. The Morgan fingerprint density at radius 2 is 2.05 bits per heavy atom. The fourth-order valence-electron chi connectivity index (χ4n) is 1.99. The summed E-state index contributed by atoms with van der Waals surface area (Å²) >= 11 is 0. The van der Waals surface area contributed by atoms with Gasteiger partial charge in [0, 0.05) is 18.8 Å². The maximum atomic E-state index is 12.1. The molecule has 0 radical (unpaired) electrons. The number of carbonyl (C=O) groups excluding carboxylic acids is 1. The van der Waals surface area contributed by atoms with Crippen molar-refractivity contribution in [1.82, 2.24) is 14.9 Å². The van der Waals surface area contributed by atoms with Crippen LogP contribution >= 0.6 is 0 Å². The van der Waals surface area contributed by atoms with Gasteiger partial charge in [-0.05, 0) is 32.0 Å². The van der Waals surface area contributed by atoms with Crippen LogP contribution in [0.5, 0.6) is 0 Å². The highest BCUT2D eigenvalue weighted by atomic mass is 16.2. The summed E-state index contributed by atoms with van der Waals surface area (Å²) in [6, 6.07) is 9.14. The van der Waals surface area contributed by atoms with E-state index in [4.69, 9.17) is 5.26 Å². The largest absolute Gasteiger partial charge is 0.339 e. The second-order valence-corrected chi connectivity index (χ2v) is 4.58. The Hall–Kier alpha value is -2.94. The summed E-state index contributed by atoms with van der Waals surface area (Å²) in [6.45, 7) is 5.12. The molecule has 0 saturated carbocycles. The third kappa shape index (κ3) is 3.58. The molecule has 1 amide bonds. The third-order valence-corrected chi connectivity index (χ3v) is 3.19. The molecule has 6 nitrogen and oxygen atoms in total. The Balaban J connectivity index is 2.12. The Kier molecular flexibility index (Phi) is 5.04. The lowest BCUT2D eigenvalue weighted by atomic mass is 10.2. The minimum absolute atomic E-state index is 0.129. The Morgan fingerprint density at radius 1 is 1.27 bits per heavy atom. The van der Waals surface area contributed by atoms with Gasteiger partial charge < -0.3 is 10.2 Å². The minimum Gasteiger partial charge on any atom is -0.339 e. The first-order valence-corrected chi connectivity index (χ1v) is 7.06. The molecule has 112 valence electrons. The number of hydrogen-bond donors (Lipinski definition) is 1. The molecule has 0 saturated heterocycles. The van der Waals surface area contributed by atoms with Crippen molar-refractivity contribution in [2.75, 3.05) is 18.4 Å². The van der Waals surface area contributed by atoms with Crippen LogP contribution in [0.2, 0.25) is 0 Å². The zero-order valence-electron chi connectivity index (χ0n) is 12.6. The van der Waals surface area contributed by atoms with Crippen LogP contribution in [-0.2, 0) is 0 Å². The molecular formula is C16H17N5O. The summed E-state index contributed by atoms with van der Waals surface area (Å²) < 4.78 is 0. The van der Waals surface area contributed by atoms with E-state index in [0.29, 0.717) is 30.2 Å². The normalized spacial score (nSPS) is 9.86. The molecule has 0 aliphatic heterocycles. The second-order valence-electron chi connectivity index (χ2n) is 4.58. The molecule has 0 aliphatic carbocycles. The van der Waals surface area contributed by atoms with Crippen molar-refractivity contribution in [3.63, 3.8) is 0 Å². The molecule has 0 aliphatic rings. The van der Waals surface area contributed by atoms with Gasteiger partial charge in [-0.25, -0.2) is 9.97 Å². The lowest BCUT2D eigenvalue weighted by molar-refractivity contribution is 0.0766. The molecule has 2 rings (SSSR count). The zero-order chi connectivity index (χ0) is 15.9. The highest BCUT2D eigenvalue weighted by Crippen LogP contribution is 2.15. The van der Waals surface area contributed by atoms with E-state index < -0.39 is 0 Å². The molecule has 0 fully saturated rings. The molecular weight excluding hydrogens is 278 g/mol. The van der Waals surface area contributed by atoms with E-state index in [1.807, 2.05) is 19.9 Å². The fourth-order valence-corrected chi connectivity index (χ4v) is 1.99. The first-order chi connectivity index (χ1) is 10.7. The van der Waals surface area contributed by atoms with Crippen molar-refractivity contribution in [2.45, 2.75) is 13.8 Å². The Bertz CT molecular complexity index is 686. The number of aromatic nitrogens is 2. The molecule has 0 bridgehead atoms. The first-order valence-electron chi connectivity index (χ1n) is 7.06. The van der Waals surface area contributed by atoms with Crippen LogP contribution in [0.1, 0.15) is 29.9 Å². The van der Waals surface area contributed by atoms with E-state index in [1.165, 1.54) is 12.4 Å². The number of anilines is 2. The topological polar surface area (TPSA) is 81.9 Å². The van der Waals surface area contributed by atoms with Crippen molar-refractivity contribution in [3.8, 4) is 6.07 Å². The van der Waals surface area contributed by atoms with Crippen LogP contribution in [0, 0.1) is 11.3 Å². The summed E-state index contributed by atoms with van der Waals surface area (Å²) in [5.74, 6) is 0.390. The van der Waals surface area contributed by atoms with Crippen molar-refractivity contribution >= 4 is 17.4 Å². The van der Waals surface area contributed by atoms with Crippen LogP contribution < -0.4 is 5.32 Å². The smallest absolute Gasteiger partial charge is 0.274 e. The van der Waals surface area contributed by atoms with Crippen molar-refractivity contribution < 1.29 is 4.79 Å². The van der Waals surface area contributed by atoms with Crippen molar-refractivity contribution in [3.05, 3.63) is 47.9 Å². The summed E-state index contributed by atoms with van der Waals surface area (Å²) in [4.78, 5) is 22.2. The quantitative estimate of drug-likeness (QED) is 0.916. The Labute approximate surface area is 129 Å². The predicted octanol–water partition coefficient (Wildman–Crippen LogP) is 2.57. The highest BCUT2D eigenvalue weighted by Gasteiger charge is 2.14. The fraction of sp³-hybridized carbons (Fsp3) is 0.250. The van der Waals surface area contributed by atoms with Gasteiger partial charge in [0.15, 0.2) is 0 Å². The molecule has 0 unspecified atom stereocenters. The average molecular weight is 295 g/mol. The van der Waals surface area contributed by atoms with Crippen LogP contribution in [0.3, 0.4) is 0 Å². The lowest BCUT2D eigenvalue weighted by Crippen LogP contribution is -2.31. The average Bonchev–Trinajstić information content (AvgIpc) is 2.56. The number of rotatable bonds is 5. The second kappa shape index (κ2) is 7.18. The molecule has 0 atom stereocenters. The van der Waals surface area contributed by atoms with Crippen LogP contribution in [0.4, 0.5) is 11.5 Å². The van der Waals surface area contributed by atoms with E-state index in [0.717, 1.165) is 5.69 Å². The first kappa shape index (κ1) is 15.4. The number of hydrogen-bond acceptors (Lipinski definition) is 5. The SMILES string of the molecule is CCN(CC)C(=O)c1cnc(Nc2cccc(C#N)c2)cn1. The highest BCUT2D eigenvalue weighted by molar-refractivity contribution is 5.92. The van der Waals surface area contributed by atoms with Gasteiger partial charge >= 0.3 is 0 Å². The number of benzene rings is 1.